The maximum atomic E-state index is 13.6. The summed E-state index contributed by atoms with van der Waals surface area (Å²) in [5.74, 6) is -9.18. The lowest BCUT2D eigenvalue weighted by Gasteiger charge is -2.24. The van der Waals surface area contributed by atoms with Gasteiger partial charge in [-0.1, -0.05) is 0 Å². The normalized spacial score (nSPS) is 13.9. The highest BCUT2D eigenvalue weighted by atomic mass is 32.2. The second kappa shape index (κ2) is 8.22. The molecule has 2 aromatic carbocycles. The Kier molecular flexibility index (Phi) is 6.46. The third kappa shape index (κ3) is 4.64. The molecule has 0 bridgehead atoms. The van der Waals surface area contributed by atoms with E-state index in [1.165, 1.54) is 6.26 Å². The molecule has 142 valence electrons. The SMILES string of the molecule is CC(CS(C)=O)NC(c1cc(F)c(F)c(F)c1)c1cc(F)c(F)c(F)c1. The van der Waals surface area contributed by atoms with Gasteiger partial charge in [-0.2, -0.15) is 0 Å². The third-order valence-corrected chi connectivity index (χ3v) is 4.58. The molecule has 1 N–H and O–H groups in total. The van der Waals surface area contributed by atoms with E-state index < -0.39 is 57.8 Å². The first-order chi connectivity index (χ1) is 12.1. The Morgan fingerprint density at radius 3 is 1.50 bits per heavy atom. The van der Waals surface area contributed by atoms with Crippen LogP contribution < -0.4 is 5.32 Å². The molecule has 0 heterocycles. The van der Waals surface area contributed by atoms with Crippen molar-refractivity contribution in [2.24, 2.45) is 0 Å². The summed E-state index contributed by atoms with van der Waals surface area (Å²) in [4.78, 5) is 0. The molecular formula is C17H15F6NOS. The van der Waals surface area contributed by atoms with Crippen molar-refractivity contribution in [2.75, 3.05) is 12.0 Å². The first-order valence-corrected chi connectivity index (χ1v) is 9.17. The fourth-order valence-corrected chi connectivity index (χ4v) is 3.35. The molecular weight excluding hydrogens is 380 g/mol. The molecule has 0 aromatic heterocycles. The molecule has 26 heavy (non-hydrogen) atoms. The number of halogens is 6. The zero-order valence-corrected chi connectivity index (χ0v) is 14.6. The summed E-state index contributed by atoms with van der Waals surface area (Å²) in [7, 11) is -1.23. The summed E-state index contributed by atoms with van der Waals surface area (Å²) >= 11 is 0. The number of hydrogen-bond donors (Lipinski definition) is 1. The molecule has 0 fully saturated rings. The van der Waals surface area contributed by atoms with Crippen LogP contribution in [0.4, 0.5) is 26.3 Å². The maximum absolute atomic E-state index is 13.6. The molecule has 0 saturated heterocycles. The minimum Gasteiger partial charge on any atom is -0.303 e. The standard InChI is InChI=1S/C17H15F6NOS/c1-8(7-26(2)25)24-17(9-3-11(18)15(22)12(19)4-9)10-5-13(20)16(23)14(21)6-10/h3-6,8,17,24H,7H2,1-2H3. The van der Waals surface area contributed by atoms with Gasteiger partial charge >= 0.3 is 0 Å². The highest BCUT2D eigenvalue weighted by Gasteiger charge is 2.23. The Bertz CT molecular complexity index is 740. The summed E-state index contributed by atoms with van der Waals surface area (Å²) in [6, 6.07) is 0.992. The van der Waals surface area contributed by atoms with Crippen LogP contribution in [0, 0.1) is 34.9 Å². The van der Waals surface area contributed by atoms with E-state index in [1.54, 1.807) is 6.92 Å². The van der Waals surface area contributed by atoms with Gasteiger partial charge < -0.3 is 5.32 Å². The van der Waals surface area contributed by atoms with Gasteiger partial charge in [0.2, 0.25) is 0 Å². The smallest absolute Gasteiger partial charge is 0.194 e. The molecule has 0 saturated carbocycles. The number of hydrogen-bond acceptors (Lipinski definition) is 2. The zero-order chi connectivity index (χ0) is 19.6. The average molecular weight is 395 g/mol. The van der Waals surface area contributed by atoms with Crippen LogP contribution in [0.3, 0.4) is 0 Å². The van der Waals surface area contributed by atoms with Crippen molar-refractivity contribution in [2.45, 2.75) is 19.0 Å². The minimum absolute atomic E-state index is 0.134. The van der Waals surface area contributed by atoms with E-state index in [0.29, 0.717) is 24.3 Å². The zero-order valence-electron chi connectivity index (χ0n) is 13.8. The summed E-state index contributed by atoms with van der Waals surface area (Å²) in [5, 5.41) is 2.82. The lowest BCUT2D eigenvalue weighted by atomic mass is 9.97. The minimum atomic E-state index is -1.69. The predicted molar refractivity (Wildman–Crippen MR) is 86.0 cm³/mol. The van der Waals surface area contributed by atoms with Gasteiger partial charge in [0.25, 0.3) is 0 Å². The highest BCUT2D eigenvalue weighted by Crippen LogP contribution is 2.28. The summed E-state index contributed by atoms with van der Waals surface area (Å²) in [5.41, 5.74) is -0.332. The van der Waals surface area contributed by atoms with E-state index in [4.69, 9.17) is 0 Å². The van der Waals surface area contributed by atoms with Gasteiger partial charge in [0.1, 0.15) is 0 Å². The molecule has 0 amide bonds. The van der Waals surface area contributed by atoms with Gasteiger partial charge in [-0.15, -0.1) is 0 Å². The second-order valence-electron chi connectivity index (χ2n) is 5.84. The van der Waals surface area contributed by atoms with Crippen molar-refractivity contribution in [3.8, 4) is 0 Å². The lowest BCUT2D eigenvalue weighted by Crippen LogP contribution is -2.35. The van der Waals surface area contributed by atoms with Crippen LogP contribution in [0.2, 0.25) is 0 Å². The Hall–Kier alpha value is -1.87. The van der Waals surface area contributed by atoms with Gasteiger partial charge in [-0.25, -0.2) is 26.3 Å². The van der Waals surface area contributed by atoms with Gasteiger partial charge in [0, 0.05) is 28.9 Å². The first-order valence-electron chi connectivity index (χ1n) is 7.45. The largest absolute Gasteiger partial charge is 0.303 e. The molecule has 2 nitrogen and oxygen atoms in total. The maximum Gasteiger partial charge on any atom is 0.194 e. The van der Waals surface area contributed by atoms with E-state index >= 15 is 0 Å². The van der Waals surface area contributed by atoms with Crippen molar-refractivity contribution < 1.29 is 30.6 Å². The molecule has 0 spiro atoms. The molecule has 2 atom stereocenters. The first kappa shape index (κ1) is 20.4. The quantitative estimate of drug-likeness (QED) is 0.593. The van der Waals surface area contributed by atoms with Gasteiger partial charge in [0.15, 0.2) is 34.9 Å². The van der Waals surface area contributed by atoms with E-state index in [2.05, 4.69) is 5.32 Å². The molecule has 0 radical (unpaired) electrons. The number of benzene rings is 2. The Labute approximate surface area is 148 Å². The van der Waals surface area contributed by atoms with E-state index in [0.717, 1.165) is 0 Å². The van der Waals surface area contributed by atoms with Crippen molar-refractivity contribution in [1.82, 2.24) is 5.32 Å². The molecule has 0 aliphatic heterocycles. The average Bonchev–Trinajstić information content (AvgIpc) is 2.53. The predicted octanol–water partition coefficient (Wildman–Crippen LogP) is 3.97. The topological polar surface area (TPSA) is 29.1 Å². The molecule has 0 aliphatic rings. The van der Waals surface area contributed by atoms with Crippen LogP contribution in [0.5, 0.6) is 0 Å². The Morgan fingerprint density at radius 2 is 1.19 bits per heavy atom. The van der Waals surface area contributed by atoms with E-state index in [9.17, 15) is 30.6 Å². The summed E-state index contributed by atoms with van der Waals surface area (Å²) in [6.45, 7) is 1.60. The molecule has 9 heteroatoms. The fourth-order valence-electron chi connectivity index (χ4n) is 2.55. The van der Waals surface area contributed by atoms with Crippen LogP contribution in [-0.4, -0.2) is 22.3 Å². The van der Waals surface area contributed by atoms with Crippen LogP contribution in [0.25, 0.3) is 0 Å². The summed E-state index contributed by atoms with van der Waals surface area (Å²) < 4.78 is 92.1. The van der Waals surface area contributed by atoms with Crippen LogP contribution >= 0.6 is 0 Å². The number of rotatable bonds is 6. The van der Waals surface area contributed by atoms with Crippen molar-refractivity contribution in [1.29, 1.82) is 0 Å². The monoisotopic (exact) mass is 395 g/mol. The third-order valence-electron chi connectivity index (χ3n) is 3.61. The number of nitrogens with one attached hydrogen (secondary N) is 1. The second-order valence-corrected chi connectivity index (χ2v) is 7.32. The Morgan fingerprint density at radius 1 is 0.846 bits per heavy atom. The van der Waals surface area contributed by atoms with Crippen LogP contribution in [0.15, 0.2) is 24.3 Å². The van der Waals surface area contributed by atoms with Gasteiger partial charge in [-0.3, -0.25) is 4.21 Å². The van der Waals surface area contributed by atoms with Crippen LogP contribution in [0.1, 0.15) is 24.1 Å². The van der Waals surface area contributed by atoms with Crippen molar-refractivity contribution >= 4 is 10.8 Å². The van der Waals surface area contributed by atoms with Crippen molar-refractivity contribution in [3.05, 3.63) is 70.3 Å². The van der Waals surface area contributed by atoms with Crippen molar-refractivity contribution in [3.63, 3.8) is 0 Å². The fraction of sp³-hybridized carbons (Fsp3) is 0.294. The molecule has 2 aromatic rings. The van der Waals surface area contributed by atoms with E-state index in [-0.39, 0.29) is 16.9 Å². The molecule has 2 rings (SSSR count). The van der Waals surface area contributed by atoms with Gasteiger partial charge in [0.05, 0.1) is 6.04 Å². The lowest BCUT2D eigenvalue weighted by molar-refractivity contribution is 0.434. The van der Waals surface area contributed by atoms with Crippen LogP contribution in [-0.2, 0) is 10.8 Å². The summed E-state index contributed by atoms with van der Waals surface area (Å²) in [6.07, 6.45) is 1.43. The van der Waals surface area contributed by atoms with E-state index in [1.807, 2.05) is 0 Å². The molecule has 2 unspecified atom stereocenters. The van der Waals surface area contributed by atoms with Gasteiger partial charge in [-0.05, 0) is 42.3 Å². The Balaban J connectivity index is 2.54. The highest BCUT2D eigenvalue weighted by molar-refractivity contribution is 7.84. The molecule has 0 aliphatic carbocycles.